The Morgan fingerprint density at radius 1 is 1.26 bits per heavy atom. The molecule has 114 valence electrons. The topological polar surface area (TPSA) is 118 Å². The second-order valence-corrected chi connectivity index (χ2v) is 5.78. The molecule has 2 unspecified atom stereocenters. The first-order valence-corrected chi connectivity index (χ1v) is 7.24. The minimum Gasteiger partial charge on any atom is -0.466 e. The lowest BCUT2D eigenvalue weighted by Crippen LogP contribution is -2.50. The average Bonchev–Trinajstić information content (AvgIpc) is 3.00. The second kappa shape index (κ2) is 5.39. The summed E-state index contributed by atoms with van der Waals surface area (Å²) >= 11 is 0. The Labute approximate surface area is 133 Å². The van der Waals surface area contributed by atoms with Gasteiger partial charge in [0.25, 0.3) is 0 Å². The van der Waals surface area contributed by atoms with Gasteiger partial charge in [0.2, 0.25) is 0 Å². The van der Waals surface area contributed by atoms with Gasteiger partial charge in [-0.3, -0.25) is 0 Å². The van der Waals surface area contributed by atoms with Crippen LogP contribution in [0.25, 0.3) is 0 Å². The molecule has 2 aliphatic rings. The molecule has 1 aliphatic carbocycles. The Balaban J connectivity index is 2.25. The predicted molar refractivity (Wildman–Crippen MR) is 79.1 cm³/mol. The zero-order valence-electron chi connectivity index (χ0n) is 12.5. The van der Waals surface area contributed by atoms with E-state index in [0.29, 0.717) is 24.7 Å². The van der Waals surface area contributed by atoms with E-state index in [1.807, 2.05) is 12.1 Å². The standard InChI is InChI=1S/C17H14N4O2/c1-10-2-3-14(23-10)15-13-7-22-5-4-11(13)12(6-18)16(21)17(15,8-19)9-20/h2-4,12-13,15,21H,5,7H2,1H3/t12?,13?,15-/m0/s1. The van der Waals surface area contributed by atoms with Crippen LogP contribution < -0.4 is 0 Å². The summed E-state index contributed by atoms with van der Waals surface area (Å²) in [4.78, 5) is 0. The fraction of sp³-hybridized carbons (Fsp3) is 0.412. The third kappa shape index (κ3) is 1.99. The van der Waals surface area contributed by atoms with Crippen molar-refractivity contribution in [2.45, 2.75) is 12.8 Å². The van der Waals surface area contributed by atoms with Crippen LogP contribution in [0.4, 0.5) is 0 Å². The first kappa shape index (κ1) is 15.0. The Bertz CT molecular complexity index is 801. The highest BCUT2D eigenvalue weighted by Gasteiger charge is 2.58. The van der Waals surface area contributed by atoms with Crippen LogP contribution >= 0.6 is 0 Å². The van der Waals surface area contributed by atoms with E-state index in [4.69, 9.17) is 14.6 Å². The van der Waals surface area contributed by atoms with Crippen molar-refractivity contribution in [3.63, 3.8) is 0 Å². The van der Waals surface area contributed by atoms with E-state index < -0.39 is 17.3 Å². The average molecular weight is 306 g/mol. The van der Waals surface area contributed by atoms with E-state index in [1.54, 1.807) is 25.1 Å². The fourth-order valence-electron chi connectivity index (χ4n) is 3.54. The zero-order chi connectivity index (χ0) is 16.6. The lowest BCUT2D eigenvalue weighted by atomic mass is 9.56. The predicted octanol–water partition coefficient (Wildman–Crippen LogP) is 2.45. The summed E-state index contributed by atoms with van der Waals surface area (Å²) < 4.78 is 11.2. The molecule has 0 aromatic carbocycles. The summed E-state index contributed by atoms with van der Waals surface area (Å²) in [6.07, 6.45) is 1.79. The van der Waals surface area contributed by atoms with Crippen molar-refractivity contribution in [2.75, 3.05) is 13.2 Å². The molecule has 1 N–H and O–H groups in total. The number of rotatable bonds is 1. The molecule has 6 heteroatoms. The molecule has 1 aromatic heterocycles. The van der Waals surface area contributed by atoms with Crippen LogP contribution in [0.5, 0.6) is 0 Å². The van der Waals surface area contributed by atoms with Gasteiger partial charge >= 0.3 is 0 Å². The number of ether oxygens (including phenoxy) is 1. The molecule has 23 heavy (non-hydrogen) atoms. The third-order valence-electron chi connectivity index (χ3n) is 4.63. The molecule has 3 atom stereocenters. The van der Waals surface area contributed by atoms with Crippen molar-refractivity contribution >= 4 is 5.71 Å². The minimum absolute atomic E-state index is 0.173. The van der Waals surface area contributed by atoms with E-state index in [-0.39, 0.29) is 11.6 Å². The molecule has 1 aliphatic heterocycles. The maximum atomic E-state index is 9.73. The van der Waals surface area contributed by atoms with Crippen LogP contribution in [-0.4, -0.2) is 18.9 Å². The highest BCUT2D eigenvalue weighted by molar-refractivity contribution is 6.00. The van der Waals surface area contributed by atoms with Crippen molar-refractivity contribution in [3.05, 3.63) is 35.3 Å². The first-order chi connectivity index (χ1) is 11.1. The van der Waals surface area contributed by atoms with Crippen molar-refractivity contribution in [3.8, 4) is 18.2 Å². The Hall–Kier alpha value is -2.88. The normalized spacial score (nSPS) is 28.7. The van der Waals surface area contributed by atoms with Gasteiger partial charge in [-0.15, -0.1) is 0 Å². The molecule has 0 spiro atoms. The van der Waals surface area contributed by atoms with Gasteiger partial charge in [-0.05, 0) is 24.6 Å². The molecule has 0 radical (unpaired) electrons. The number of aryl methyl sites for hydroxylation is 1. The molecular formula is C17H14N4O2. The number of hydrogen-bond acceptors (Lipinski definition) is 6. The molecule has 0 saturated heterocycles. The number of hydrogen-bond donors (Lipinski definition) is 1. The summed E-state index contributed by atoms with van der Waals surface area (Å²) in [5, 5.41) is 37.3. The van der Waals surface area contributed by atoms with Crippen LogP contribution in [0.3, 0.4) is 0 Å². The molecule has 1 fully saturated rings. The van der Waals surface area contributed by atoms with Crippen LogP contribution in [-0.2, 0) is 4.74 Å². The highest BCUT2D eigenvalue weighted by atomic mass is 16.5. The number of nitrogens with one attached hydrogen (secondary N) is 1. The zero-order valence-corrected chi connectivity index (χ0v) is 12.5. The van der Waals surface area contributed by atoms with Crippen LogP contribution in [0.15, 0.2) is 28.2 Å². The molecule has 0 bridgehead atoms. The molecule has 1 aromatic rings. The quantitative estimate of drug-likeness (QED) is 0.799. The molecule has 1 saturated carbocycles. The molecule has 0 amide bonds. The number of fused-ring (bicyclic) bond motifs is 1. The van der Waals surface area contributed by atoms with Gasteiger partial charge in [0, 0.05) is 5.92 Å². The summed E-state index contributed by atoms with van der Waals surface area (Å²) in [5.74, 6) is -0.702. The Morgan fingerprint density at radius 2 is 2.00 bits per heavy atom. The maximum Gasteiger partial charge on any atom is 0.192 e. The minimum atomic E-state index is -1.73. The van der Waals surface area contributed by atoms with Crippen molar-refractivity contribution in [1.29, 1.82) is 21.2 Å². The number of furan rings is 1. The van der Waals surface area contributed by atoms with Gasteiger partial charge in [0.15, 0.2) is 5.41 Å². The van der Waals surface area contributed by atoms with E-state index >= 15 is 0 Å². The largest absolute Gasteiger partial charge is 0.466 e. The Morgan fingerprint density at radius 3 is 2.57 bits per heavy atom. The summed E-state index contributed by atoms with van der Waals surface area (Å²) in [5.41, 5.74) is -1.15. The molecule has 3 rings (SSSR count). The van der Waals surface area contributed by atoms with Crippen LogP contribution in [0.2, 0.25) is 0 Å². The first-order valence-electron chi connectivity index (χ1n) is 7.24. The van der Waals surface area contributed by atoms with E-state index in [1.165, 1.54) is 0 Å². The highest BCUT2D eigenvalue weighted by Crippen LogP contribution is 2.53. The molecular weight excluding hydrogens is 292 g/mol. The molecule has 6 nitrogen and oxygen atoms in total. The fourth-order valence-corrected chi connectivity index (χ4v) is 3.54. The van der Waals surface area contributed by atoms with Gasteiger partial charge in [-0.2, -0.15) is 15.8 Å². The van der Waals surface area contributed by atoms with Crippen LogP contribution in [0, 0.1) is 63.6 Å². The van der Waals surface area contributed by atoms with E-state index in [2.05, 4.69) is 6.07 Å². The van der Waals surface area contributed by atoms with Crippen molar-refractivity contribution in [1.82, 2.24) is 0 Å². The maximum absolute atomic E-state index is 9.73. The second-order valence-electron chi connectivity index (χ2n) is 5.78. The SMILES string of the molecule is Cc1ccc([C@@H]2C3COCC=C3C(C#N)C(=N)C2(C#N)C#N)o1. The van der Waals surface area contributed by atoms with Gasteiger partial charge in [0.1, 0.15) is 17.4 Å². The van der Waals surface area contributed by atoms with Gasteiger partial charge < -0.3 is 14.6 Å². The monoisotopic (exact) mass is 306 g/mol. The lowest BCUT2D eigenvalue weighted by molar-refractivity contribution is 0.0900. The summed E-state index contributed by atoms with van der Waals surface area (Å²) in [7, 11) is 0. The van der Waals surface area contributed by atoms with Crippen molar-refractivity contribution in [2.24, 2.45) is 17.3 Å². The summed E-state index contributed by atoms with van der Waals surface area (Å²) in [6.45, 7) is 2.45. The lowest BCUT2D eigenvalue weighted by Gasteiger charge is -2.44. The van der Waals surface area contributed by atoms with Crippen molar-refractivity contribution < 1.29 is 9.15 Å². The smallest absolute Gasteiger partial charge is 0.192 e. The van der Waals surface area contributed by atoms with Gasteiger partial charge in [-0.1, -0.05) is 6.08 Å². The van der Waals surface area contributed by atoms with Gasteiger partial charge in [0.05, 0.1) is 43.1 Å². The van der Waals surface area contributed by atoms with E-state index in [0.717, 1.165) is 5.57 Å². The Kier molecular flexibility index (Phi) is 3.52. The number of nitrogens with zero attached hydrogens (tertiary/aromatic N) is 3. The number of nitriles is 3. The van der Waals surface area contributed by atoms with Gasteiger partial charge in [-0.25, -0.2) is 0 Å². The summed E-state index contributed by atoms with van der Waals surface area (Å²) in [6, 6.07) is 9.55. The molecule has 2 heterocycles. The third-order valence-corrected chi connectivity index (χ3v) is 4.63. The van der Waals surface area contributed by atoms with Crippen LogP contribution in [0.1, 0.15) is 17.4 Å². The van der Waals surface area contributed by atoms with E-state index in [9.17, 15) is 15.8 Å².